The highest BCUT2D eigenvalue weighted by atomic mass is 32.2. The lowest BCUT2D eigenvalue weighted by atomic mass is 9.84. The number of para-hydroxylation sites is 1. The summed E-state index contributed by atoms with van der Waals surface area (Å²) in [5, 5.41) is 4.55. The molecule has 0 radical (unpaired) electrons. The highest BCUT2D eigenvalue weighted by Gasteiger charge is 2.35. The largest absolute Gasteiger partial charge is 0.322 e. The Labute approximate surface area is 123 Å². The monoisotopic (exact) mass is 288 g/mol. The number of nitrogens with one attached hydrogen (secondary N) is 2. The maximum atomic E-state index is 12.0. The van der Waals surface area contributed by atoms with Crippen LogP contribution in [-0.2, 0) is 6.54 Å². The van der Waals surface area contributed by atoms with Crippen LogP contribution in [0.3, 0.4) is 0 Å². The van der Waals surface area contributed by atoms with Crippen molar-refractivity contribution in [1.82, 2.24) is 10.3 Å². The van der Waals surface area contributed by atoms with Gasteiger partial charge in [-0.1, -0.05) is 24.6 Å². The van der Waals surface area contributed by atoms with Crippen molar-refractivity contribution in [2.75, 3.05) is 12.8 Å². The summed E-state index contributed by atoms with van der Waals surface area (Å²) in [7, 11) is 0. The van der Waals surface area contributed by atoms with E-state index in [1.807, 2.05) is 42.1 Å². The van der Waals surface area contributed by atoms with E-state index in [2.05, 4.69) is 16.6 Å². The SMILES string of the molecule is CSC1(CNCc2cc3ccccc3[nH]c2=O)CCC1. The van der Waals surface area contributed by atoms with Crippen molar-refractivity contribution in [3.05, 3.63) is 46.2 Å². The van der Waals surface area contributed by atoms with E-state index in [0.717, 1.165) is 23.0 Å². The highest BCUT2D eigenvalue weighted by Crippen LogP contribution is 2.42. The Balaban J connectivity index is 1.71. The molecule has 0 amide bonds. The molecule has 1 aliphatic rings. The van der Waals surface area contributed by atoms with Crippen molar-refractivity contribution < 1.29 is 0 Å². The number of hydrogen-bond donors (Lipinski definition) is 2. The summed E-state index contributed by atoms with van der Waals surface area (Å²) in [5.41, 5.74) is 1.74. The fraction of sp³-hybridized carbons (Fsp3) is 0.438. The van der Waals surface area contributed by atoms with E-state index in [0.29, 0.717) is 11.3 Å². The number of H-pyrrole nitrogens is 1. The van der Waals surface area contributed by atoms with Crippen LogP contribution >= 0.6 is 11.8 Å². The second-order valence-electron chi connectivity index (χ2n) is 5.56. The van der Waals surface area contributed by atoms with Gasteiger partial charge in [-0.3, -0.25) is 4.79 Å². The predicted molar refractivity (Wildman–Crippen MR) is 86.4 cm³/mol. The van der Waals surface area contributed by atoms with Gasteiger partial charge >= 0.3 is 0 Å². The molecule has 1 aromatic heterocycles. The van der Waals surface area contributed by atoms with Gasteiger partial charge in [0.2, 0.25) is 0 Å². The molecule has 2 N–H and O–H groups in total. The Hall–Kier alpha value is -1.26. The fourth-order valence-electron chi connectivity index (χ4n) is 2.77. The third-order valence-electron chi connectivity index (χ3n) is 4.29. The number of thioether (sulfide) groups is 1. The molecule has 0 saturated heterocycles. The first kappa shape index (κ1) is 13.7. The maximum Gasteiger partial charge on any atom is 0.252 e. The number of aromatic nitrogens is 1. The van der Waals surface area contributed by atoms with Crippen molar-refractivity contribution in [1.29, 1.82) is 0 Å². The van der Waals surface area contributed by atoms with Crippen LogP contribution in [0.25, 0.3) is 10.9 Å². The summed E-state index contributed by atoms with van der Waals surface area (Å²) in [5.74, 6) is 0. The van der Waals surface area contributed by atoms with E-state index in [9.17, 15) is 4.79 Å². The summed E-state index contributed by atoms with van der Waals surface area (Å²) in [6.45, 7) is 1.63. The topological polar surface area (TPSA) is 44.9 Å². The zero-order valence-electron chi connectivity index (χ0n) is 11.7. The quantitative estimate of drug-likeness (QED) is 0.889. The smallest absolute Gasteiger partial charge is 0.252 e. The number of fused-ring (bicyclic) bond motifs is 1. The van der Waals surface area contributed by atoms with Crippen molar-refractivity contribution in [3.8, 4) is 0 Å². The second-order valence-corrected chi connectivity index (χ2v) is 6.83. The van der Waals surface area contributed by atoms with Crippen LogP contribution in [0.5, 0.6) is 0 Å². The van der Waals surface area contributed by atoms with Crippen LogP contribution < -0.4 is 10.9 Å². The van der Waals surface area contributed by atoms with E-state index in [1.54, 1.807) is 0 Å². The molecule has 2 aromatic rings. The predicted octanol–water partition coefficient (Wildman–Crippen LogP) is 2.90. The Bertz CT molecular complexity index is 655. The molecule has 0 bridgehead atoms. The van der Waals surface area contributed by atoms with Crippen LogP contribution in [0.4, 0.5) is 0 Å². The summed E-state index contributed by atoms with van der Waals surface area (Å²) in [6.07, 6.45) is 6.09. The third kappa shape index (κ3) is 2.63. The zero-order chi connectivity index (χ0) is 14.0. The lowest BCUT2D eigenvalue weighted by molar-refractivity contribution is 0.345. The van der Waals surface area contributed by atoms with Crippen LogP contribution in [0.15, 0.2) is 35.1 Å². The molecule has 1 heterocycles. The van der Waals surface area contributed by atoms with E-state index in [-0.39, 0.29) is 5.56 Å². The molecule has 1 aromatic carbocycles. The van der Waals surface area contributed by atoms with Gasteiger partial charge in [0, 0.05) is 28.9 Å². The van der Waals surface area contributed by atoms with Crippen molar-refractivity contribution in [2.24, 2.45) is 0 Å². The van der Waals surface area contributed by atoms with Crippen molar-refractivity contribution in [3.63, 3.8) is 0 Å². The number of hydrogen-bond acceptors (Lipinski definition) is 3. The molecule has 106 valence electrons. The number of aromatic amines is 1. The summed E-state index contributed by atoms with van der Waals surface area (Å²) < 4.78 is 0.406. The van der Waals surface area contributed by atoms with Crippen molar-refractivity contribution >= 4 is 22.7 Å². The zero-order valence-corrected chi connectivity index (χ0v) is 12.6. The fourth-order valence-corrected chi connectivity index (χ4v) is 3.72. The average Bonchev–Trinajstić information content (AvgIpc) is 2.42. The summed E-state index contributed by atoms with van der Waals surface area (Å²) >= 11 is 1.95. The van der Waals surface area contributed by atoms with E-state index in [4.69, 9.17) is 0 Å². The average molecular weight is 288 g/mol. The standard InChI is InChI=1S/C16H20N2OS/c1-20-16(7-4-8-16)11-17-10-13-9-12-5-2-3-6-14(12)18-15(13)19/h2-3,5-6,9,17H,4,7-8,10-11H2,1H3,(H,18,19). The third-order valence-corrected chi connectivity index (χ3v) is 5.71. The molecule has 0 unspecified atom stereocenters. The molecule has 1 saturated carbocycles. The van der Waals surface area contributed by atoms with E-state index >= 15 is 0 Å². The Morgan fingerprint density at radius 2 is 2.15 bits per heavy atom. The van der Waals surface area contributed by atoms with E-state index < -0.39 is 0 Å². The van der Waals surface area contributed by atoms with Crippen LogP contribution in [-0.4, -0.2) is 22.5 Å². The Kier molecular flexibility index (Phi) is 3.85. The van der Waals surface area contributed by atoms with Gasteiger partial charge in [-0.15, -0.1) is 0 Å². The summed E-state index contributed by atoms with van der Waals surface area (Å²) in [6, 6.07) is 9.90. The normalized spacial score (nSPS) is 17.1. The molecule has 1 fully saturated rings. The second kappa shape index (κ2) is 5.62. The van der Waals surface area contributed by atoms with Gasteiger partial charge in [0.05, 0.1) is 0 Å². The molecule has 1 aliphatic carbocycles. The molecule has 0 atom stereocenters. The van der Waals surface area contributed by atoms with Gasteiger partial charge in [-0.05, 0) is 36.6 Å². The lowest BCUT2D eigenvalue weighted by Gasteiger charge is -2.40. The first-order chi connectivity index (χ1) is 9.72. The van der Waals surface area contributed by atoms with Gasteiger partial charge in [0.1, 0.15) is 0 Å². The van der Waals surface area contributed by atoms with Gasteiger partial charge in [-0.2, -0.15) is 11.8 Å². The molecule has 3 nitrogen and oxygen atoms in total. The molecule has 3 rings (SSSR count). The minimum absolute atomic E-state index is 0.0167. The summed E-state index contributed by atoms with van der Waals surface area (Å²) in [4.78, 5) is 15.0. The van der Waals surface area contributed by atoms with Gasteiger partial charge in [-0.25, -0.2) is 0 Å². The minimum Gasteiger partial charge on any atom is -0.322 e. The number of benzene rings is 1. The molecule has 0 spiro atoms. The van der Waals surface area contributed by atoms with Crippen LogP contribution in [0.2, 0.25) is 0 Å². The Morgan fingerprint density at radius 1 is 1.35 bits per heavy atom. The molecule has 20 heavy (non-hydrogen) atoms. The molecule has 4 heteroatoms. The van der Waals surface area contributed by atoms with Crippen molar-refractivity contribution in [2.45, 2.75) is 30.6 Å². The van der Waals surface area contributed by atoms with Gasteiger partial charge in [0.25, 0.3) is 5.56 Å². The van der Waals surface area contributed by atoms with Crippen LogP contribution in [0.1, 0.15) is 24.8 Å². The minimum atomic E-state index is 0.0167. The molecular formula is C16H20N2OS. The number of rotatable bonds is 5. The highest BCUT2D eigenvalue weighted by molar-refractivity contribution is 8.00. The molecular weight excluding hydrogens is 268 g/mol. The maximum absolute atomic E-state index is 12.0. The lowest BCUT2D eigenvalue weighted by Crippen LogP contribution is -2.43. The number of pyridine rings is 1. The molecule has 0 aliphatic heterocycles. The Morgan fingerprint density at radius 3 is 2.85 bits per heavy atom. The van der Waals surface area contributed by atoms with E-state index in [1.165, 1.54) is 19.3 Å². The van der Waals surface area contributed by atoms with Gasteiger partial charge in [0.15, 0.2) is 0 Å². The van der Waals surface area contributed by atoms with Crippen LogP contribution in [0, 0.1) is 0 Å². The van der Waals surface area contributed by atoms with Gasteiger partial charge < -0.3 is 10.3 Å². The first-order valence-electron chi connectivity index (χ1n) is 7.09. The first-order valence-corrected chi connectivity index (χ1v) is 8.32.